The van der Waals surface area contributed by atoms with Crippen molar-refractivity contribution in [3.05, 3.63) is 76.9 Å². The second-order valence-corrected chi connectivity index (χ2v) is 7.94. The van der Waals surface area contributed by atoms with Crippen LogP contribution in [0.1, 0.15) is 37.0 Å². The fourth-order valence-electron chi connectivity index (χ4n) is 4.09. The zero-order valence-electron chi connectivity index (χ0n) is 16.6. The molecule has 0 saturated heterocycles. The Morgan fingerprint density at radius 3 is 2.41 bits per heavy atom. The number of hydrogen-bond donors (Lipinski definition) is 1. The van der Waals surface area contributed by atoms with Gasteiger partial charge in [-0.3, -0.25) is 9.69 Å². The molecule has 0 unspecified atom stereocenters. The summed E-state index contributed by atoms with van der Waals surface area (Å²) >= 11 is 5.37. The van der Waals surface area contributed by atoms with Crippen LogP contribution in [0.2, 0.25) is 0 Å². The highest BCUT2D eigenvalue weighted by molar-refractivity contribution is 7.80. The monoisotopic (exact) mass is 401 g/mol. The van der Waals surface area contributed by atoms with Gasteiger partial charge in [-0.2, -0.15) is 0 Å². The molecule has 29 heavy (non-hydrogen) atoms. The van der Waals surface area contributed by atoms with E-state index in [1.165, 1.54) is 26.8 Å². The third-order valence-corrected chi connectivity index (χ3v) is 5.70. The Morgan fingerprint density at radius 2 is 1.76 bits per heavy atom. The topological polar surface area (TPSA) is 40.5 Å². The van der Waals surface area contributed by atoms with Gasteiger partial charge in [0.2, 0.25) is 0 Å². The molecule has 0 fully saturated rings. The lowest BCUT2D eigenvalue weighted by atomic mass is 9.97. The predicted octanol–water partition coefficient (Wildman–Crippen LogP) is 5.82. The highest BCUT2D eigenvalue weighted by Gasteiger charge is 2.22. The number of phenolic OH excluding ortho intramolecular Hbond substituents is 1. The van der Waals surface area contributed by atoms with Crippen molar-refractivity contribution in [1.29, 1.82) is 0 Å². The van der Waals surface area contributed by atoms with Gasteiger partial charge >= 0.3 is 0 Å². The fourth-order valence-corrected chi connectivity index (χ4v) is 4.27. The first-order valence-corrected chi connectivity index (χ1v) is 10.3. The van der Waals surface area contributed by atoms with E-state index >= 15 is 0 Å². The third-order valence-electron chi connectivity index (χ3n) is 5.52. The van der Waals surface area contributed by atoms with Gasteiger partial charge in [0.25, 0.3) is 5.91 Å². The molecule has 3 nitrogen and oxygen atoms in total. The lowest BCUT2D eigenvalue weighted by molar-refractivity contribution is -0.114. The number of anilines is 1. The number of amides is 1. The van der Waals surface area contributed by atoms with E-state index in [-0.39, 0.29) is 11.7 Å². The second kappa shape index (κ2) is 7.80. The summed E-state index contributed by atoms with van der Waals surface area (Å²) in [4.78, 5) is 15.4. The number of aromatic hydroxyl groups is 1. The summed E-state index contributed by atoms with van der Waals surface area (Å²) < 4.78 is 0. The zero-order chi connectivity index (χ0) is 20.5. The molecule has 1 amide bonds. The zero-order valence-corrected chi connectivity index (χ0v) is 17.4. The van der Waals surface area contributed by atoms with Gasteiger partial charge in [-0.15, -0.1) is 0 Å². The van der Waals surface area contributed by atoms with Crippen LogP contribution in [0, 0.1) is 0 Å². The maximum atomic E-state index is 13.4. The minimum Gasteiger partial charge on any atom is -0.508 e. The number of thiocarbonyl (C=S) groups is 1. The van der Waals surface area contributed by atoms with Crippen LogP contribution in [0.25, 0.3) is 16.8 Å². The highest BCUT2D eigenvalue weighted by Crippen LogP contribution is 2.34. The largest absolute Gasteiger partial charge is 0.508 e. The molecule has 0 bridgehead atoms. The number of rotatable bonds is 4. The Balaban J connectivity index is 1.78. The molecule has 0 aromatic heterocycles. The first-order chi connectivity index (χ1) is 14.0. The van der Waals surface area contributed by atoms with Gasteiger partial charge in [-0.25, -0.2) is 0 Å². The molecular formula is C25H23NO2S. The van der Waals surface area contributed by atoms with Crippen LogP contribution < -0.4 is 4.90 Å². The van der Waals surface area contributed by atoms with Gasteiger partial charge in [0, 0.05) is 11.3 Å². The smallest absolute Gasteiger partial charge is 0.259 e. The molecule has 0 aliphatic heterocycles. The number of benzene rings is 3. The van der Waals surface area contributed by atoms with Crippen LogP contribution in [0.5, 0.6) is 5.75 Å². The van der Waals surface area contributed by atoms with E-state index in [0.29, 0.717) is 22.7 Å². The Labute approximate surface area is 176 Å². The summed E-state index contributed by atoms with van der Waals surface area (Å²) in [7, 11) is 0. The minimum absolute atomic E-state index is 0.131. The SMILES string of the molecule is CC/C(=C\c1ccc2c3c(cccc13)CC2)C(=O)N(C(C)=S)c1ccc(O)cc1. The normalized spacial score (nSPS) is 13.0. The van der Waals surface area contributed by atoms with Crippen LogP contribution in [-0.4, -0.2) is 16.0 Å². The van der Waals surface area contributed by atoms with E-state index in [0.717, 1.165) is 18.4 Å². The van der Waals surface area contributed by atoms with E-state index in [9.17, 15) is 9.90 Å². The number of carbonyl (C=O) groups excluding carboxylic acids is 1. The van der Waals surface area contributed by atoms with Gasteiger partial charge in [-0.1, -0.05) is 49.5 Å². The molecule has 0 heterocycles. The van der Waals surface area contributed by atoms with Crippen molar-refractivity contribution in [2.45, 2.75) is 33.1 Å². The van der Waals surface area contributed by atoms with Crippen molar-refractivity contribution in [3.8, 4) is 5.75 Å². The lowest BCUT2D eigenvalue weighted by Crippen LogP contribution is -2.35. The minimum atomic E-state index is -0.131. The molecule has 4 rings (SSSR count). The Kier molecular flexibility index (Phi) is 5.20. The number of nitrogens with zero attached hydrogens (tertiary/aromatic N) is 1. The van der Waals surface area contributed by atoms with Crippen molar-refractivity contribution in [2.75, 3.05) is 4.90 Å². The van der Waals surface area contributed by atoms with Crippen LogP contribution in [0.3, 0.4) is 0 Å². The Bertz CT molecular complexity index is 1140. The summed E-state index contributed by atoms with van der Waals surface area (Å²) in [5.74, 6) is 0.0243. The van der Waals surface area contributed by atoms with Crippen molar-refractivity contribution < 1.29 is 9.90 Å². The van der Waals surface area contributed by atoms with Gasteiger partial charge < -0.3 is 5.11 Å². The first-order valence-electron chi connectivity index (χ1n) is 9.87. The van der Waals surface area contributed by atoms with Crippen LogP contribution in [0.15, 0.2) is 60.2 Å². The van der Waals surface area contributed by atoms with E-state index in [2.05, 4.69) is 30.3 Å². The molecule has 3 aromatic rings. The quantitative estimate of drug-likeness (QED) is 0.442. The lowest BCUT2D eigenvalue weighted by Gasteiger charge is -2.23. The number of aryl methyl sites for hydroxylation is 2. The van der Waals surface area contributed by atoms with Crippen LogP contribution >= 0.6 is 12.2 Å². The van der Waals surface area contributed by atoms with Crippen molar-refractivity contribution in [1.82, 2.24) is 0 Å². The molecule has 1 aliphatic carbocycles. The van der Waals surface area contributed by atoms with Gasteiger partial charge in [0.1, 0.15) is 5.75 Å². The summed E-state index contributed by atoms with van der Waals surface area (Å²) in [6.07, 6.45) is 4.75. The molecule has 0 spiro atoms. The molecular weight excluding hydrogens is 378 g/mol. The van der Waals surface area contributed by atoms with Gasteiger partial charge in [-0.05, 0) is 84.0 Å². The number of hydrogen-bond acceptors (Lipinski definition) is 3. The molecule has 0 saturated carbocycles. The Morgan fingerprint density at radius 1 is 1.07 bits per heavy atom. The molecule has 4 heteroatoms. The molecule has 146 valence electrons. The van der Waals surface area contributed by atoms with E-state index in [1.54, 1.807) is 31.2 Å². The van der Waals surface area contributed by atoms with Crippen molar-refractivity contribution in [2.24, 2.45) is 0 Å². The van der Waals surface area contributed by atoms with E-state index in [1.807, 2.05) is 13.0 Å². The standard InChI is InChI=1S/C25H23NO2S/c1-3-17(25(28)26(16(2)29)21-11-13-22(27)14-12-21)15-20-10-9-19-8-7-18-5-4-6-23(20)24(18)19/h4-6,9-15,27H,3,7-8H2,1-2H3/b17-15+. The predicted molar refractivity (Wildman–Crippen MR) is 123 cm³/mol. The molecule has 1 N–H and O–H groups in total. The fraction of sp³-hybridized carbons (Fsp3) is 0.200. The van der Waals surface area contributed by atoms with Crippen LogP contribution in [-0.2, 0) is 17.6 Å². The molecule has 3 aromatic carbocycles. The maximum Gasteiger partial charge on any atom is 0.259 e. The number of carbonyl (C=O) groups is 1. The van der Waals surface area contributed by atoms with Crippen LogP contribution in [0.4, 0.5) is 5.69 Å². The number of phenols is 1. The molecule has 1 aliphatic rings. The molecule has 0 radical (unpaired) electrons. The Hall–Kier alpha value is -2.98. The van der Waals surface area contributed by atoms with Gasteiger partial charge in [0.05, 0.1) is 4.99 Å². The summed E-state index contributed by atoms with van der Waals surface area (Å²) in [5, 5.41) is 12.1. The summed E-state index contributed by atoms with van der Waals surface area (Å²) in [5.41, 5.74) is 5.18. The highest BCUT2D eigenvalue weighted by atomic mass is 32.1. The van der Waals surface area contributed by atoms with Crippen molar-refractivity contribution in [3.63, 3.8) is 0 Å². The third kappa shape index (κ3) is 3.56. The summed E-state index contributed by atoms with van der Waals surface area (Å²) in [6, 6.07) is 17.3. The maximum absolute atomic E-state index is 13.4. The average Bonchev–Trinajstić information content (AvgIpc) is 3.14. The van der Waals surface area contributed by atoms with Crippen molar-refractivity contribution >= 4 is 45.6 Å². The second-order valence-electron chi connectivity index (χ2n) is 7.35. The molecule has 0 atom stereocenters. The average molecular weight is 402 g/mol. The van der Waals surface area contributed by atoms with Gasteiger partial charge in [0.15, 0.2) is 0 Å². The first kappa shape index (κ1) is 19.3. The summed E-state index contributed by atoms with van der Waals surface area (Å²) in [6.45, 7) is 3.73. The van der Waals surface area contributed by atoms with E-state index in [4.69, 9.17) is 12.2 Å². The van der Waals surface area contributed by atoms with E-state index < -0.39 is 0 Å².